The van der Waals surface area contributed by atoms with Crippen LogP contribution in [0.5, 0.6) is 0 Å². The van der Waals surface area contributed by atoms with Gasteiger partial charge in [0.1, 0.15) is 11.6 Å². The molecule has 0 aromatic carbocycles. The summed E-state index contributed by atoms with van der Waals surface area (Å²) < 4.78 is 0. The first-order chi connectivity index (χ1) is 10.7. The van der Waals surface area contributed by atoms with Gasteiger partial charge in [-0.2, -0.15) is 0 Å². The molecule has 7 nitrogen and oxygen atoms in total. The van der Waals surface area contributed by atoms with Crippen molar-refractivity contribution in [2.75, 3.05) is 11.9 Å². The zero-order chi connectivity index (χ0) is 17.0. The Morgan fingerprint density at radius 2 is 2.04 bits per heavy atom. The van der Waals surface area contributed by atoms with Gasteiger partial charge in [-0.05, 0) is 25.2 Å². The number of carbonyl (C=O) groups excluding carboxylic acids is 3. The summed E-state index contributed by atoms with van der Waals surface area (Å²) >= 11 is 1.25. The third kappa shape index (κ3) is 2.27. The van der Waals surface area contributed by atoms with Crippen LogP contribution in [0, 0.1) is 23.7 Å². The lowest BCUT2D eigenvalue weighted by Gasteiger charge is -2.47. The molecule has 1 aliphatic carbocycles. The Morgan fingerprint density at radius 3 is 2.65 bits per heavy atom. The maximum absolute atomic E-state index is 12.8. The second-order valence-corrected chi connectivity index (χ2v) is 8.23. The minimum Gasteiger partial charge on any atom is -0.299 e. The third-order valence-electron chi connectivity index (χ3n) is 5.58. The van der Waals surface area contributed by atoms with Crippen molar-refractivity contribution in [1.82, 2.24) is 15.1 Å². The summed E-state index contributed by atoms with van der Waals surface area (Å²) in [6.45, 7) is 7.37. The molecule has 23 heavy (non-hydrogen) atoms. The highest BCUT2D eigenvalue weighted by Crippen LogP contribution is 2.59. The quantitative estimate of drug-likeness (QED) is 0.846. The highest BCUT2D eigenvalue weighted by atomic mass is 32.1. The Bertz CT molecular complexity index is 699. The van der Waals surface area contributed by atoms with Crippen LogP contribution < -0.4 is 5.32 Å². The number of imide groups is 1. The SMILES string of the molecule is Cc1nnc(NC(=O)CN2C(=O)C3CCC(C)(C2=O)C3(C)C)s1. The summed E-state index contributed by atoms with van der Waals surface area (Å²) in [6, 6.07) is 0. The smallest absolute Gasteiger partial charge is 0.246 e. The number of likely N-dealkylation sites (tertiary alicyclic amines) is 1. The summed E-state index contributed by atoms with van der Waals surface area (Å²) in [5.74, 6) is -1.12. The number of hydrogen-bond acceptors (Lipinski definition) is 6. The second kappa shape index (κ2) is 5.09. The first kappa shape index (κ1) is 16.0. The molecule has 1 aromatic rings. The van der Waals surface area contributed by atoms with Crippen LogP contribution in [0.1, 0.15) is 38.6 Å². The number of piperidine rings is 1. The number of aryl methyl sites for hydroxylation is 1. The topological polar surface area (TPSA) is 92.3 Å². The Hall–Kier alpha value is -1.83. The molecule has 3 rings (SSSR count). The fourth-order valence-corrected chi connectivity index (χ4v) is 4.31. The van der Waals surface area contributed by atoms with Crippen LogP contribution in [0.2, 0.25) is 0 Å². The van der Waals surface area contributed by atoms with E-state index in [-0.39, 0.29) is 29.7 Å². The van der Waals surface area contributed by atoms with Gasteiger partial charge < -0.3 is 0 Å². The largest absolute Gasteiger partial charge is 0.299 e. The molecule has 3 amide bonds. The van der Waals surface area contributed by atoms with Gasteiger partial charge in [-0.3, -0.25) is 24.6 Å². The molecule has 124 valence electrons. The molecular weight excluding hydrogens is 316 g/mol. The average molecular weight is 336 g/mol. The standard InChI is InChI=1S/C15H20N4O3S/c1-8-17-18-13(23-8)16-10(20)7-19-11(21)9-5-6-15(4,12(19)22)14(9,2)3/h9H,5-7H2,1-4H3,(H,16,18,20). The molecule has 1 saturated carbocycles. The first-order valence-corrected chi connectivity index (χ1v) is 8.44. The second-order valence-electron chi connectivity index (χ2n) is 7.05. The lowest BCUT2D eigenvalue weighted by atomic mass is 9.62. The van der Waals surface area contributed by atoms with E-state index in [0.29, 0.717) is 18.0 Å². The summed E-state index contributed by atoms with van der Waals surface area (Å²) in [4.78, 5) is 38.7. The number of aromatic nitrogens is 2. The molecule has 2 fully saturated rings. The van der Waals surface area contributed by atoms with Gasteiger partial charge >= 0.3 is 0 Å². The van der Waals surface area contributed by atoms with E-state index in [1.807, 2.05) is 20.8 Å². The van der Waals surface area contributed by atoms with Crippen molar-refractivity contribution < 1.29 is 14.4 Å². The van der Waals surface area contributed by atoms with Crippen LogP contribution in [-0.4, -0.2) is 39.4 Å². The number of anilines is 1. The van der Waals surface area contributed by atoms with E-state index in [4.69, 9.17) is 0 Å². The van der Waals surface area contributed by atoms with Crippen LogP contribution in [0.3, 0.4) is 0 Å². The predicted octanol–water partition coefficient (Wildman–Crippen LogP) is 1.60. The highest BCUT2D eigenvalue weighted by Gasteiger charge is 2.64. The molecular formula is C15H20N4O3S. The van der Waals surface area contributed by atoms with Crippen LogP contribution >= 0.6 is 11.3 Å². The van der Waals surface area contributed by atoms with Crippen molar-refractivity contribution in [2.45, 2.75) is 40.5 Å². The number of fused-ring (bicyclic) bond motifs is 2. The summed E-state index contributed by atoms with van der Waals surface area (Å²) in [5.41, 5.74) is -0.963. The normalized spacial score (nSPS) is 29.0. The molecule has 1 aliphatic heterocycles. The molecule has 2 unspecified atom stereocenters. The van der Waals surface area contributed by atoms with Gasteiger partial charge in [-0.15, -0.1) is 10.2 Å². The Balaban J connectivity index is 1.77. The molecule has 0 spiro atoms. The Labute approximate surface area is 138 Å². The lowest BCUT2D eigenvalue weighted by molar-refractivity contribution is -0.168. The maximum Gasteiger partial charge on any atom is 0.246 e. The summed E-state index contributed by atoms with van der Waals surface area (Å²) in [7, 11) is 0. The fourth-order valence-electron chi connectivity index (χ4n) is 3.70. The summed E-state index contributed by atoms with van der Waals surface area (Å²) in [5, 5.41) is 11.3. The fraction of sp³-hybridized carbons (Fsp3) is 0.667. The molecule has 0 radical (unpaired) electrons. The predicted molar refractivity (Wildman–Crippen MR) is 84.6 cm³/mol. The van der Waals surface area contributed by atoms with Crippen LogP contribution in [-0.2, 0) is 14.4 Å². The lowest BCUT2D eigenvalue weighted by Crippen LogP contribution is -2.60. The van der Waals surface area contributed by atoms with E-state index >= 15 is 0 Å². The highest BCUT2D eigenvalue weighted by molar-refractivity contribution is 7.15. The number of nitrogens with one attached hydrogen (secondary N) is 1. The number of rotatable bonds is 3. The maximum atomic E-state index is 12.8. The minimum atomic E-state index is -0.592. The van der Waals surface area contributed by atoms with E-state index in [1.165, 1.54) is 11.3 Å². The number of amides is 3. The zero-order valence-electron chi connectivity index (χ0n) is 13.7. The molecule has 8 heteroatoms. The van der Waals surface area contributed by atoms with Gasteiger partial charge in [0, 0.05) is 5.92 Å². The number of carbonyl (C=O) groups is 3. The van der Waals surface area contributed by atoms with E-state index in [2.05, 4.69) is 15.5 Å². The number of hydrogen-bond donors (Lipinski definition) is 1. The monoisotopic (exact) mass is 336 g/mol. The first-order valence-electron chi connectivity index (χ1n) is 7.62. The Morgan fingerprint density at radius 1 is 1.35 bits per heavy atom. The average Bonchev–Trinajstić information content (AvgIpc) is 2.94. The molecule has 1 saturated heterocycles. The van der Waals surface area contributed by atoms with Crippen molar-refractivity contribution in [2.24, 2.45) is 16.7 Å². The number of nitrogens with zero attached hydrogens (tertiary/aromatic N) is 3. The van der Waals surface area contributed by atoms with E-state index in [1.54, 1.807) is 6.92 Å². The van der Waals surface area contributed by atoms with Gasteiger partial charge in [-0.25, -0.2) is 0 Å². The van der Waals surface area contributed by atoms with Crippen molar-refractivity contribution in [3.63, 3.8) is 0 Å². The molecule has 1 N–H and O–H groups in total. The van der Waals surface area contributed by atoms with Crippen LogP contribution in [0.25, 0.3) is 0 Å². The van der Waals surface area contributed by atoms with E-state index in [9.17, 15) is 14.4 Å². The van der Waals surface area contributed by atoms with Gasteiger partial charge in [0.2, 0.25) is 22.9 Å². The molecule has 1 aromatic heterocycles. The molecule has 2 atom stereocenters. The summed E-state index contributed by atoms with van der Waals surface area (Å²) in [6.07, 6.45) is 1.38. The van der Waals surface area contributed by atoms with Gasteiger partial charge in [0.05, 0.1) is 5.41 Å². The van der Waals surface area contributed by atoms with Gasteiger partial charge in [0.25, 0.3) is 0 Å². The Kier molecular flexibility index (Phi) is 3.55. The van der Waals surface area contributed by atoms with Crippen LogP contribution in [0.15, 0.2) is 0 Å². The van der Waals surface area contributed by atoms with Crippen molar-refractivity contribution in [1.29, 1.82) is 0 Å². The van der Waals surface area contributed by atoms with Crippen molar-refractivity contribution >= 4 is 34.2 Å². The van der Waals surface area contributed by atoms with E-state index in [0.717, 1.165) is 9.91 Å². The molecule has 2 heterocycles. The van der Waals surface area contributed by atoms with Crippen LogP contribution in [0.4, 0.5) is 5.13 Å². The van der Waals surface area contributed by atoms with Gasteiger partial charge in [-0.1, -0.05) is 32.1 Å². The minimum absolute atomic E-state index is 0.207. The van der Waals surface area contributed by atoms with Crippen molar-refractivity contribution in [3.8, 4) is 0 Å². The van der Waals surface area contributed by atoms with Crippen molar-refractivity contribution in [3.05, 3.63) is 5.01 Å². The molecule has 2 aliphatic rings. The molecule has 2 bridgehead atoms. The zero-order valence-corrected chi connectivity index (χ0v) is 14.5. The van der Waals surface area contributed by atoms with E-state index < -0.39 is 11.3 Å². The third-order valence-corrected chi connectivity index (χ3v) is 6.34. The van der Waals surface area contributed by atoms with Gasteiger partial charge in [0.15, 0.2) is 0 Å².